The third-order valence-corrected chi connectivity index (χ3v) is 4.92. The molecule has 6 nitrogen and oxygen atoms in total. The standard InChI is InChI=1S/C23H20ClN3O3S/c1-15-13-18(10-11-20(15)24)30-14-22(29)26-27-23(31)25-21(28)12-9-17-7-4-6-16-5-2-3-8-19(16)17/h2-13H,14H2,1H3,(H,26,29)(H2,25,27,28,31). The van der Waals surface area contributed by atoms with E-state index in [9.17, 15) is 9.59 Å². The van der Waals surface area contributed by atoms with Crippen LogP contribution in [-0.2, 0) is 9.59 Å². The number of halogens is 1. The Bertz CT molecular complexity index is 1160. The van der Waals surface area contributed by atoms with Gasteiger partial charge >= 0.3 is 0 Å². The number of rotatable bonds is 5. The van der Waals surface area contributed by atoms with Crippen LogP contribution in [0.25, 0.3) is 16.8 Å². The Hall–Kier alpha value is -3.42. The summed E-state index contributed by atoms with van der Waals surface area (Å²) in [5, 5.41) is 5.17. The summed E-state index contributed by atoms with van der Waals surface area (Å²) in [5.74, 6) is -0.366. The van der Waals surface area contributed by atoms with Crippen LogP contribution in [0.3, 0.4) is 0 Å². The number of ether oxygens (including phenoxy) is 1. The van der Waals surface area contributed by atoms with Crippen molar-refractivity contribution in [2.75, 3.05) is 6.61 Å². The number of hydrogen-bond acceptors (Lipinski definition) is 4. The van der Waals surface area contributed by atoms with E-state index in [1.165, 1.54) is 6.08 Å². The van der Waals surface area contributed by atoms with Gasteiger partial charge in [-0.15, -0.1) is 0 Å². The summed E-state index contributed by atoms with van der Waals surface area (Å²) in [5.41, 5.74) is 6.58. The molecule has 0 aromatic heterocycles. The van der Waals surface area contributed by atoms with Crippen molar-refractivity contribution in [1.29, 1.82) is 0 Å². The summed E-state index contributed by atoms with van der Waals surface area (Å²) in [7, 11) is 0. The van der Waals surface area contributed by atoms with E-state index in [1.54, 1.807) is 24.3 Å². The van der Waals surface area contributed by atoms with Crippen molar-refractivity contribution in [3.05, 3.63) is 82.9 Å². The molecule has 31 heavy (non-hydrogen) atoms. The number of amides is 2. The molecule has 3 aromatic rings. The lowest BCUT2D eigenvalue weighted by Crippen LogP contribution is -2.49. The van der Waals surface area contributed by atoms with E-state index < -0.39 is 11.8 Å². The second-order valence-corrected chi connectivity index (χ2v) is 7.41. The number of hydrazine groups is 1. The van der Waals surface area contributed by atoms with Gasteiger partial charge in [0.25, 0.3) is 5.91 Å². The van der Waals surface area contributed by atoms with E-state index >= 15 is 0 Å². The van der Waals surface area contributed by atoms with Gasteiger partial charge in [-0.05, 0) is 65.3 Å². The van der Waals surface area contributed by atoms with Crippen LogP contribution in [0.2, 0.25) is 5.02 Å². The van der Waals surface area contributed by atoms with Crippen molar-refractivity contribution in [1.82, 2.24) is 16.2 Å². The van der Waals surface area contributed by atoms with Crippen LogP contribution in [-0.4, -0.2) is 23.5 Å². The Morgan fingerprint density at radius 3 is 2.65 bits per heavy atom. The SMILES string of the molecule is Cc1cc(OCC(=O)NNC(=S)NC(=O)C=Cc2cccc3ccccc23)ccc1Cl. The Kier molecular flexibility index (Phi) is 7.59. The van der Waals surface area contributed by atoms with Crippen LogP contribution in [0.15, 0.2) is 66.7 Å². The number of carbonyl (C=O) groups is 2. The van der Waals surface area contributed by atoms with E-state index in [4.69, 9.17) is 28.6 Å². The second-order valence-electron chi connectivity index (χ2n) is 6.59. The zero-order chi connectivity index (χ0) is 22.2. The van der Waals surface area contributed by atoms with Gasteiger partial charge in [0, 0.05) is 11.1 Å². The summed E-state index contributed by atoms with van der Waals surface area (Å²) in [4.78, 5) is 24.0. The highest BCUT2D eigenvalue weighted by atomic mass is 35.5. The maximum absolute atomic E-state index is 12.1. The van der Waals surface area contributed by atoms with Gasteiger partial charge in [0.2, 0.25) is 5.91 Å². The average molecular weight is 454 g/mol. The van der Waals surface area contributed by atoms with E-state index in [0.29, 0.717) is 10.8 Å². The van der Waals surface area contributed by atoms with Gasteiger partial charge in [-0.1, -0.05) is 54.1 Å². The quantitative estimate of drug-likeness (QED) is 0.310. The first-order valence-electron chi connectivity index (χ1n) is 9.37. The molecule has 0 aliphatic rings. The summed E-state index contributed by atoms with van der Waals surface area (Å²) < 4.78 is 5.39. The predicted molar refractivity (Wildman–Crippen MR) is 127 cm³/mol. The molecule has 0 radical (unpaired) electrons. The van der Waals surface area contributed by atoms with Crippen LogP contribution in [0, 0.1) is 6.92 Å². The number of carbonyl (C=O) groups excluding carboxylic acids is 2. The third-order valence-electron chi connectivity index (χ3n) is 4.29. The van der Waals surface area contributed by atoms with Crippen LogP contribution < -0.4 is 20.9 Å². The molecule has 0 bridgehead atoms. The zero-order valence-electron chi connectivity index (χ0n) is 16.6. The van der Waals surface area contributed by atoms with Crippen molar-refractivity contribution < 1.29 is 14.3 Å². The first kappa shape index (κ1) is 22.3. The highest BCUT2D eigenvalue weighted by molar-refractivity contribution is 7.80. The van der Waals surface area contributed by atoms with Gasteiger partial charge in [-0.25, -0.2) is 0 Å². The number of hydrogen-bond donors (Lipinski definition) is 3. The maximum atomic E-state index is 12.1. The second kappa shape index (κ2) is 10.6. The predicted octanol–water partition coefficient (Wildman–Crippen LogP) is 3.92. The molecule has 0 aliphatic heterocycles. The minimum Gasteiger partial charge on any atom is -0.484 e. The van der Waals surface area contributed by atoms with Gasteiger partial charge < -0.3 is 4.74 Å². The van der Waals surface area contributed by atoms with Gasteiger partial charge in [-0.2, -0.15) is 0 Å². The molecule has 3 N–H and O–H groups in total. The molecule has 0 unspecified atom stereocenters. The number of fused-ring (bicyclic) bond motifs is 1. The average Bonchev–Trinajstić information content (AvgIpc) is 2.77. The first-order valence-corrected chi connectivity index (χ1v) is 10.2. The number of nitrogens with one attached hydrogen (secondary N) is 3. The van der Waals surface area contributed by atoms with Crippen LogP contribution >= 0.6 is 23.8 Å². The fraction of sp³-hybridized carbons (Fsp3) is 0.0870. The zero-order valence-corrected chi connectivity index (χ0v) is 18.2. The van der Waals surface area contributed by atoms with E-state index in [-0.39, 0.29) is 11.7 Å². The Balaban J connectivity index is 1.44. The molecule has 0 saturated carbocycles. The van der Waals surface area contributed by atoms with Gasteiger partial charge in [0.05, 0.1) is 0 Å². The molecule has 158 valence electrons. The molecule has 3 rings (SSSR count). The van der Waals surface area contributed by atoms with Gasteiger partial charge in [-0.3, -0.25) is 25.8 Å². The van der Waals surface area contributed by atoms with Crippen LogP contribution in [0.4, 0.5) is 0 Å². The van der Waals surface area contributed by atoms with Crippen molar-refractivity contribution >= 4 is 57.6 Å². The summed E-state index contributed by atoms with van der Waals surface area (Å²) in [6.07, 6.45) is 3.09. The molecule has 0 fully saturated rings. The van der Waals surface area contributed by atoms with Crippen molar-refractivity contribution in [3.8, 4) is 5.75 Å². The molecule has 8 heteroatoms. The molecular formula is C23H20ClN3O3S. The minimum absolute atomic E-state index is 0.0387. The normalized spacial score (nSPS) is 10.6. The van der Waals surface area contributed by atoms with Crippen molar-refractivity contribution in [2.24, 2.45) is 0 Å². The summed E-state index contributed by atoms with van der Waals surface area (Å²) >= 11 is 11.0. The van der Waals surface area contributed by atoms with E-state index in [1.807, 2.05) is 49.4 Å². The Morgan fingerprint density at radius 2 is 1.84 bits per heavy atom. The largest absolute Gasteiger partial charge is 0.484 e. The molecule has 0 heterocycles. The molecule has 0 aliphatic carbocycles. The lowest BCUT2D eigenvalue weighted by Gasteiger charge is -2.11. The maximum Gasteiger partial charge on any atom is 0.276 e. The minimum atomic E-state index is -0.463. The molecule has 0 spiro atoms. The molecule has 3 aromatic carbocycles. The van der Waals surface area contributed by atoms with Gasteiger partial charge in [0.15, 0.2) is 11.7 Å². The molecular weight excluding hydrogens is 434 g/mol. The fourth-order valence-corrected chi connectivity index (χ4v) is 3.03. The molecule has 0 saturated heterocycles. The van der Waals surface area contributed by atoms with Crippen molar-refractivity contribution in [3.63, 3.8) is 0 Å². The van der Waals surface area contributed by atoms with Crippen molar-refractivity contribution in [2.45, 2.75) is 6.92 Å². The van der Waals surface area contributed by atoms with E-state index in [0.717, 1.165) is 21.9 Å². The lowest BCUT2D eigenvalue weighted by molar-refractivity contribution is -0.123. The highest BCUT2D eigenvalue weighted by Crippen LogP contribution is 2.21. The Morgan fingerprint density at radius 1 is 1.06 bits per heavy atom. The first-order chi connectivity index (χ1) is 14.9. The summed E-state index contributed by atoms with van der Waals surface area (Å²) in [6, 6.07) is 18.8. The monoisotopic (exact) mass is 453 g/mol. The fourth-order valence-electron chi connectivity index (χ4n) is 2.76. The third kappa shape index (κ3) is 6.53. The smallest absolute Gasteiger partial charge is 0.276 e. The number of benzene rings is 3. The molecule has 0 atom stereocenters. The Labute approximate surface area is 190 Å². The van der Waals surface area contributed by atoms with Crippen LogP contribution in [0.5, 0.6) is 5.75 Å². The lowest BCUT2D eigenvalue weighted by atomic mass is 10.0. The number of aryl methyl sites for hydroxylation is 1. The molecule has 2 amide bonds. The van der Waals surface area contributed by atoms with Gasteiger partial charge in [0.1, 0.15) is 5.75 Å². The van der Waals surface area contributed by atoms with Crippen LogP contribution in [0.1, 0.15) is 11.1 Å². The number of thiocarbonyl (C=S) groups is 1. The summed E-state index contributed by atoms with van der Waals surface area (Å²) in [6.45, 7) is 1.61. The van der Waals surface area contributed by atoms with E-state index in [2.05, 4.69) is 16.2 Å². The highest BCUT2D eigenvalue weighted by Gasteiger charge is 2.06. The topological polar surface area (TPSA) is 79.5 Å².